The van der Waals surface area contributed by atoms with E-state index in [0.29, 0.717) is 6.54 Å². The first-order chi connectivity index (χ1) is 6.56. The van der Waals surface area contributed by atoms with E-state index in [-0.39, 0.29) is 11.7 Å². The van der Waals surface area contributed by atoms with Crippen molar-refractivity contribution in [2.24, 2.45) is 5.73 Å². The van der Waals surface area contributed by atoms with Crippen molar-refractivity contribution in [1.29, 1.82) is 0 Å². The maximum absolute atomic E-state index is 11.3. The molecule has 0 bridgehead atoms. The van der Waals surface area contributed by atoms with Gasteiger partial charge in [-0.3, -0.25) is 4.79 Å². The number of Topliss-reactive ketones (excluding diaryl/α,β-unsaturated/α-hetero) is 1. The molecule has 0 radical (unpaired) electrons. The van der Waals surface area contributed by atoms with Gasteiger partial charge in [-0.2, -0.15) is 0 Å². The summed E-state index contributed by atoms with van der Waals surface area (Å²) in [4.78, 5) is 11.3. The fourth-order valence-corrected chi connectivity index (χ4v) is 1.55. The number of carbonyl (C=O) groups excluding carboxylic acids is 1. The minimum atomic E-state index is -0.0471. The zero-order valence-corrected chi connectivity index (χ0v) is 9.00. The minimum absolute atomic E-state index is 0.0471. The van der Waals surface area contributed by atoms with Crippen LogP contribution in [0.4, 0.5) is 0 Å². The van der Waals surface area contributed by atoms with Gasteiger partial charge in [-0.25, -0.2) is 0 Å². The van der Waals surface area contributed by atoms with Gasteiger partial charge in [0.25, 0.3) is 0 Å². The molecule has 2 N–H and O–H groups in total. The lowest BCUT2D eigenvalue weighted by molar-refractivity contribution is -0.118. The molecule has 0 aliphatic rings. The molecule has 76 valence electrons. The summed E-state index contributed by atoms with van der Waals surface area (Å²) in [5.74, 6) is 0.137. The smallest absolute Gasteiger partial charge is 0.136 e. The molecular weight excluding hydrogens is 174 g/mol. The van der Waals surface area contributed by atoms with Gasteiger partial charge in [0.15, 0.2) is 0 Å². The Balaban J connectivity index is 3.13. The van der Waals surface area contributed by atoms with Crippen LogP contribution in [0.25, 0.3) is 0 Å². The Labute approximate surface area is 85.1 Å². The highest BCUT2D eigenvalue weighted by Gasteiger charge is 2.13. The first-order valence-corrected chi connectivity index (χ1v) is 4.86. The number of hydrogen-bond acceptors (Lipinski definition) is 2. The van der Waals surface area contributed by atoms with Crippen LogP contribution < -0.4 is 5.73 Å². The molecule has 1 atom stereocenters. The average molecular weight is 191 g/mol. The van der Waals surface area contributed by atoms with E-state index in [1.807, 2.05) is 26.0 Å². The normalized spacial score (nSPS) is 12.6. The van der Waals surface area contributed by atoms with E-state index in [1.54, 1.807) is 6.92 Å². The molecule has 0 saturated heterocycles. The quantitative estimate of drug-likeness (QED) is 0.795. The number of ketones is 1. The topological polar surface area (TPSA) is 43.1 Å². The molecule has 0 aliphatic carbocycles. The molecule has 14 heavy (non-hydrogen) atoms. The Hall–Kier alpha value is -1.15. The summed E-state index contributed by atoms with van der Waals surface area (Å²) < 4.78 is 0. The summed E-state index contributed by atoms with van der Waals surface area (Å²) in [6.45, 7) is 6.06. The summed E-state index contributed by atoms with van der Waals surface area (Å²) in [6, 6.07) is 6.08. The lowest BCUT2D eigenvalue weighted by atomic mass is 9.92. The largest absolute Gasteiger partial charge is 0.326 e. The predicted octanol–water partition coefficient (Wildman–Crippen LogP) is 2.15. The molecule has 1 rings (SSSR count). The molecule has 0 amide bonds. The van der Waals surface area contributed by atoms with Crippen molar-refractivity contribution in [3.8, 4) is 0 Å². The molecule has 0 aromatic heterocycles. The molecule has 2 heteroatoms. The fraction of sp³-hybridized carbons (Fsp3) is 0.417. The van der Waals surface area contributed by atoms with Crippen molar-refractivity contribution in [1.82, 2.24) is 0 Å². The molecule has 1 unspecified atom stereocenters. The van der Waals surface area contributed by atoms with Crippen molar-refractivity contribution >= 4 is 5.78 Å². The average Bonchev–Trinajstić information content (AvgIpc) is 2.16. The van der Waals surface area contributed by atoms with Gasteiger partial charge in [-0.1, -0.05) is 30.7 Å². The van der Waals surface area contributed by atoms with Crippen molar-refractivity contribution in [3.05, 3.63) is 34.9 Å². The summed E-state index contributed by atoms with van der Waals surface area (Å²) in [5, 5.41) is 0. The molecule has 0 aliphatic heterocycles. The highest BCUT2D eigenvalue weighted by molar-refractivity contribution is 5.83. The predicted molar refractivity (Wildman–Crippen MR) is 58.2 cm³/mol. The second-order valence-electron chi connectivity index (χ2n) is 3.74. The van der Waals surface area contributed by atoms with E-state index < -0.39 is 0 Å². The third kappa shape index (κ3) is 2.20. The van der Waals surface area contributed by atoms with Crippen LogP contribution in [0.15, 0.2) is 18.2 Å². The maximum atomic E-state index is 11.3. The molecule has 0 spiro atoms. The van der Waals surface area contributed by atoms with Gasteiger partial charge < -0.3 is 5.73 Å². The van der Waals surface area contributed by atoms with Crippen molar-refractivity contribution in [2.45, 2.75) is 33.2 Å². The summed E-state index contributed by atoms with van der Waals surface area (Å²) in [7, 11) is 0. The lowest BCUT2D eigenvalue weighted by Crippen LogP contribution is -2.10. The number of aryl methyl sites for hydroxylation is 1. The maximum Gasteiger partial charge on any atom is 0.136 e. The van der Waals surface area contributed by atoms with Gasteiger partial charge in [-0.05, 0) is 25.0 Å². The minimum Gasteiger partial charge on any atom is -0.326 e. The van der Waals surface area contributed by atoms with Crippen LogP contribution in [0.2, 0.25) is 0 Å². The summed E-state index contributed by atoms with van der Waals surface area (Å²) >= 11 is 0. The first-order valence-electron chi connectivity index (χ1n) is 4.86. The van der Waals surface area contributed by atoms with Crippen LogP contribution >= 0.6 is 0 Å². The van der Waals surface area contributed by atoms with Gasteiger partial charge >= 0.3 is 0 Å². The van der Waals surface area contributed by atoms with Gasteiger partial charge in [0.05, 0.1) is 0 Å². The van der Waals surface area contributed by atoms with E-state index in [9.17, 15) is 4.79 Å². The van der Waals surface area contributed by atoms with E-state index >= 15 is 0 Å². The highest BCUT2D eigenvalue weighted by atomic mass is 16.1. The van der Waals surface area contributed by atoms with Crippen LogP contribution in [0.3, 0.4) is 0 Å². The van der Waals surface area contributed by atoms with Crippen molar-refractivity contribution in [2.75, 3.05) is 0 Å². The SMILES string of the molecule is CC(=O)C(C)c1ccc(C)cc1CN. The van der Waals surface area contributed by atoms with Crippen molar-refractivity contribution in [3.63, 3.8) is 0 Å². The molecule has 0 fully saturated rings. The van der Waals surface area contributed by atoms with Crippen LogP contribution in [-0.2, 0) is 11.3 Å². The van der Waals surface area contributed by atoms with E-state index in [4.69, 9.17) is 5.73 Å². The Kier molecular flexibility index (Phi) is 3.42. The van der Waals surface area contributed by atoms with Gasteiger partial charge in [0, 0.05) is 12.5 Å². The zero-order valence-electron chi connectivity index (χ0n) is 9.00. The van der Waals surface area contributed by atoms with Crippen LogP contribution in [0.5, 0.6) is 0 Å². The monoisotopic (exact) mass is 191 g/mol. The number of rotatable bonds is 3. The fourth-order valence-electron chi connectivity index (χ4n) is 1.55. The Morgan fingerprint density at radius 2 is 2.14 bits per heavy atom. The third-order valence-corrected chi connectivity index (χ3v) is 2.59. The van der Waals surface area contributed by atoms with Crippen LogP contribution in [0.1, 0.15) is 36.5 Å². The van der Waals surface area contributed by atoms with Crippen molar-refractivity contribution < 1.29 is 4.79 Å². The molecule has 0 saturated carbocycles. The molecular formula is C12H17NO. The van der Waals surface area contributed by atoms with E-state index in [0.717, 1.165) is 11.1 Å². The Bertz CT molecular complexity index is 344. The number of carbonyl (C=O) groups is 1. The van der Waals surface area contributed by atoms with Gasteiger partial charge in [0.1, 0.15) is 5.78 Å². The van der Waals surface area contributed by atoms with E-state index in [2.05, 4.69) is 6.07 Å². The summed E-state index contributed by atoms with van der Waals surface area (Å²) in [6.07, 6.45) is 0. The third-order valence-electron chi connectivity index (χ3n) is 2.59. The first kappa shape index (κ1) is 10.9. The second kappa shape index (κ2) is 4.38. The zero-order chi connectivity index (χ0) is 10.7. The second-order valence-corrected chi connectivity index (χ2v) is 3.74. The van der Waals surface area contributed by atoms with Gasteiger partial charge in [-0.15, -0.1) is 0 Å². The Morgan fingerprint density at radius 1 is 1.50 bits per heavy atom. The number of hydrogen-bond donors (Lipinski definition) is 1. The molecule has 1 aromatic carbocycles. The van der Waals surface area contributed by atoms with Crippen LogP contribution in [-0.4, -0.2) is 5.78 Å². The molecule has 2 nitrogen and oxygen atoms in total. The van der Waals surface area contributed by atoms with Crippen LogP contribution in [0, 0.1) is 6.92 Å². The Morgan fingerprint density at radius 3 is 2.64 bits per heavy atom. The molecule has 0 heterocycles. The lowest BCUT2D eigenvalue weighted by Gasteiger charge is -2.13. The van der Waals surface area contributed by atoms with E-state index in [1.165, 1.54) is 5.56 Å². The standard InChI is InChI=1S/C12H17NO/c1-8-4-5-12(9(2)10(3)14)11(6-8)7-13/h4-6,9H,7,13H2,1-3H3. The summed E-state index contributed by atoms with van der Waals surface area (Å²) in [5.41, 5.74) is 8.97. The molecule has 1 aromatic rings. The highest BCUT2D eigenvalue weighted by Crippen LogP contribution is 2.21. The number of nitrogens with two attached hydrogens (primary N) is 1. The number of benzene rings is 1. The van der Waals surface area contributed by atoms with Gasteiger partial charge in [0.2, 0.25) is 0 Å².